The largest absolute Gasteiger partial charge is 0.466 e. The number of nitrogens with two attached hydrogens (primary N) is 1. The first-order valence-corrected chi connectivity index (χ1v) is 5.68. The molecule has 0 fully saturated rings. The fourth-order valence-corrected chi connectivity index (χ4v) is 1.60. The molecule has 0 saturated heterocycles. The van der Waals surface area contributed by atoms with Crippen LogP contribution in [-0.4, -0.2) is 17.5 Å². The van der Waals surface area contributed by atoms with Crippen LogP contribution in [0.5, 0.6) is 0 Å². The Balaban J connectivity index is 2.86. The SMILES string of the molecule is CCOC(=O)C[C@H](N)c1ccc(Cl)c([N+](=O)[O-])c1. The minimum absolute atomic E-state index is 0.0343. The van der Waals surface area contributed by atoms with Crippen LogP contribution in [-0.2, 0) is 9.53 Å². The molecule has 1 aromatic rings. The Hall–Kier alpha value is -1.66. The molecule has 0 heterocycles. The van der Waals surface area contributed by atoms with E-state index in [4.69, 9.17) is 22.1 Å². The van der Waals surface area contributed by atoms with Gasteiger partial charge in [0.1, 0.15) is 5.02 Å². The average Bonchev–Trinajstić information content (AvgIpc) is 2.29. The van der Waals surface area contributed by atoms with Crippen molar-refractivity contribution in [2.24, 2.45) is 5.73 Å². The van der Waals surface area contributed by atoms with Crippen LogP contribution in [0, 0.1) is 10.1 Å². The lowest BCUT2D eigenvalue weighted by molar-refractivity contribution is -0.384. The highest BCUT2D eigenvalue weighted by molar-refractivity contribution is 6.32. The van der Waals surface area contributed by atoms with Crippen molar-refractivity contribution >= 4 is 23.3 Å². The van der Waals surface area contributed by atoms with Crippen molar-refractivity contribution in [1.82, 2.24) is 0 Å². The Bertz CT molecular complexity index is 464. The third kappa shape index (κ3) is 3.68. The van der Waals surface area contributed by atoms with E-state index >= 15 is 0 Å². The first-order valence-electron chi connectivity index (χ1n) is 5.30. The molecule has 0 bridgehead atoms. The van der Waals surface area contributed by atoms with Crippen LogP contribution < -0.4 is 5.73 Å². The van der Waals surface area contributed by atoms with Gasteiger partial charge in [-0.1, -0.05) is 17.7 Å². The van der Waals surface area contributed by atoms with Crippen molar-refractivity contribution in [2.75, 3.05) is 6.61 Å². The Labute approximate surface area is 109 Å². The second-order valence-corrected chi connectivity index (χ2v) is 3.99. The van der Waals surface area contributed by atoms with Gasteiger partial charge < -0.3 is 10.5 Å². The number of hydrogen-bond donors (Lipinski definition) is 1. The van der Waals surface area contributed by atoms with Gasteiger partial charge in [-0.15, -0.1) is 0 Å². The number of nitro groups is 1. The van der Waals surface area contributed by atoms with Gasteiger partial charge in [0.2, 0.25) is 0 Å². The third-order valence-corrected chi connectivity index (χ3v) is 2.61. The quantitative estimate of drug-likeness (QED) is 0.503. The van der Waals surface area contributed by atoms with E-state index in [2.05, 4.69) is 0 Å². The van der Waals surface area contributed by atoms with Crippen molar-refractivity contribution in [2.45, 2.75) is 19.4 Å². The minimum Gasteiger partial charge on any atom is -0.466 e. The lowest BCUT2D eigenvalue weighted by atomic mass is 10.0. The lowest BCUT2D eigenvalue weighted by Crippen LogP contribution is -2.17. The summed E-state index contributed by atoms with van der Waals surface area (Å²) >= 11 is 5.68. The van der Waals surface area contributed by atoms with E-state index in [0.29, 0.717) is 5.56 Å². The molecular weight excluding hydrogens is 260 g/mol. The zero-order chi connectivity index (χ0) is 13.7. The van der Waals surface area contributed by atoms with E-state index in [-0.39, 0.29) is 23.7 Å². The molecule has 0 aromatic heterocycles. The number of carbonyl (C=O) groups excluding carboxylic acids is 1. The number of hydrogen-bond acceptors (Lipinski definition) is 5. The third-order valence-electron chi connectivity index (χ3n) is 2.29. The summed E-state index contributed by atoms with van der Waals surface area (Å²) in [7, 11) is 0. The summed E-state index contributed by atoms with van der Waals surface area (Å²) in [6, 6.07) is 3.56. The van der Waals surface area contributed by atoms with Crippen LogP contribution >= 0.6 is 11.6 Å². The first kappa shape index (κ1) is 14.4. The summed E-state index contributed by atoms with van der Waals surface area (Å²) in [6.45, 7) is 1.96. The van der Waals surface area contributed by atoms with Crippen LogP contribution in [0.3, 0.4) is 0 Å². The highest BCUT2D eigenvalue weighted by atomic mass is 35.5. The van der Waals surface area contributed by atoms with Crippen LogP contribution in [0.4, 0.5) is 5.69 Å². The molecule has 6 nitrogen and oxygen atoms in total. The monoisotopic (exact) mass is 272 g/mol. The second kappa shape index (κ2) is 6.32. The summed E-state index contributed by atoms with van der Waals surface area (Å²) in [6.07, 6.45) is -0.0351. The number of benzene rings is 1. The number of ether oxygens (including phenoxy) is 1. The van der Waals surface area contributed by atoms with Gasteiger partial charge >= 0.3 is 5.97 Å². The van der Waals surface area contributed by atoms with Gasteiger partial charge in [0, 0.05) is 12.1 Å². The van der Waals surface area contributed by atoms with Crippen LogP contribution in [0.15, 0.2) is 18.2 Å². The van der Waals surface area contributed by atoms with E-state index in [1.807, 2.05) is 0 Å². The molecule has 0 radical (unpaired) electrons. The predicted molar refractivity (Wildman–Crippen MR) is 66.3 cm³/mol. The maximum Gasteiger partial charge on any atom is 0.307 e. The van der Waals surface area contributed by atoms with E-state index in [0.717, 1.165) is 0 Å². The molecule has 0 aliphatic heterocycles. The molecule has 0 aliphatic carbocycles. The number of nitrogens with zero attached hydrogens (tertiary/aromatic N) is 1. The molecule has 2 N–H and O–H groups in total. The molecule has 1 rings (SSSR count). The maximum absolute atomic E-state index is 11.3. The van der Waals surface area contributed by atoms with Gasteiger partial charge in [0.15, 0.2) is 0 Å². The second-order valence-electron chi connectivity index (χ2n) is 3.58. The molecule has 0 aliphatic rings. The molecule has 0 spiro atoms. The normalized spacial score (nSPS) is 11.9. The summed E-state index contributed by atoms with van der Waals surface area (Å²) in [5, 5.41) is 10.7. The van der Waals surface area contributed by atoms with Crippen molar-refractivity contribution in [3.05, 3.63) is 38.9 Å². The van der Waals surface area contributed by atoms with Crippen LogP contribution in [0.25, 0.3) is 0 Å². The summed E-state index contributed by atoms with van der Waals surface area (Å²) in [5.41, 5.74) is 6.02. The highest BCUT2D eigenvalue weighted by Crippen LogP contribution is 2.28. The molecule has 1 aromatic carbocycles. The van der Waals surface area contributed by atoms with Crippen molar-refractivity contribution in [3.8, 4) is 0 Å². The van der Waals surface area contributed by atoms with Crippen LogP contribution in [0.2, 0.25) is 5.02 Å². The standard InChI is InChI=1S/C11H13ClN2O4/c1-2-18-11(15)6-9(13)7-3-4-8(12)10(5-7)14(16)17/h3-5,9H,2,6,13H2,1H3/t9-/m0/s1. The molecular formula is C11H13ClN2O4. The van der Waals surface area contributed by atoms with E-state index < -0.39 is 16.9 Å². The van der Waals surface area contributed by atoms with Crippen molar-refractivity contribution in [3.63, 3.8) is 0 Å². The van der Waals surface area contributed by atoms with E-state index in [9.17, 15) is 14.9 Å². The van der Waals surface area contributed by atoms with E-state index in [1.54, 1.807) is 13.0 Å². The minimum atomic E-state index is -0.653. The van der Waals surface area contributed by atoms with Gasteiger partial charge in [0.25, 0.3) is 5.69 Å². The summed E-state index contributed by atoms with van der Waals surface area (Å²) in [5.74, 6) is -0.442. The Morgan fingerprint density at radius 1 is 1.61 bits per heavy atom. The first-order chi connectivity index (χ1) is 8.45. The molecule has 0 amide bonds. The number of carbonyl (C=O) groups is 1. The number of rotatable bonds is 5. The molecule has 0 saturated carbocycles. The molecule has 0 unspecified atom stereocenters. The fourth-order valence-electron chi connectivity index (χ4n) is 1.42. The van der Waals surface area contributed by atoms with Crippen molar-refractivity contribution in [1.29, 1.82) is 0 Å². The smallest absolute Gasteiger partial charge is 0.307 e. The van der Waals surface area contributed by atoms with Crippen LogP contribution in [0.1, 0.15) is 24.9 Å². The van der Waals surface area contributed by atoms with Gasteiger partial charge in [-0.2, -0.15) is 0 Å². The summed E-state index contributed by atoms with van der Waals surface area (Å²) in [4.78, 5) is 21.4. The topological polar surface area (TPSA) is 95.5 Å². The Morgan fingerprint density at radius 2 is 2.28 bits per heavy atom. The molecule has 18 heavy (non-hydrogen) atoms. The average molecular weight is 273 g/mol. The van der Waals surface area contributed by atoms with E-state index in [1.165, 1.54) is 12.1 Å². The van der Waals surface area contributed by atoms with Gasteiger partial charge in [0.05, 0.1) is 18.0 Å². The Morgan fingerprint density at radius 3 is 2.83 bits per heavy atom. The molecule has 7 heteroatoms. The fraction of sp³-hybridized carbons (Fsp3) is 0.364. The lowest BCUT2D eigenvalue weighted by Gasteiger charge is -2.11. The van der Waals surface area contributed by atoms with Gasteiger partial charge in [-0.25, -0.2) is 0 Å². The zero-order valence-corrected chi connectivity index (χ0v) is 10.5. The molecule has 1 atom stereocenters. The molecule has 98 valence electrons. The number of nitro benzene ring substituents is 1. The highest BCUT2D eigenvalue weighted by Gasteiger charge is 2.18. The summed E-state index contributed by atoms with van der Waals surface area (Å²) < 4.78 is 4.76. The van der Waals surface area contributed by atoms with Crippen molar-refractivity contribution < 1.29 is 14.5 Å². The zero-order valence-electron chi connectivity index (χ0n) is 9.76. The van der Waals surface area contributed by atoms with Gasteiger partial charge in [-0.05, 0) is 18.6 Å². The Kier molecular flexibility index (Phi) is 5.06. The number of esters is 1. The van der Waals surface area contributed by atoms with Gasteiger partial charge in [-0.3, -0.25) is 14.9 Å². The predicted octanol–water partition coefficient (Wildman–Crippen LogP) is 2.20. The number of halogens is 1. The maximum atomic E-state index is 11.3.